The molecule has 258 valence electrons. The zero-order valence-corrected chi connectivity index (χ0v) is 28.0. The molecule has 0 fully saturated rings. The first kappa shape index (κ1) is 35.3. The van der Waals surface area contributed by atoms with Crippen LogP contribution in [0.3, 0.4) is 0 Å². The highest BCUT2D eigenvalue weighted by Gasteiger charge is 2.36. The van der Waals surface area contributed by atoms with E-state index < -0.39 is 35.8 Å². The maximum absolute atomic E-state index is 15.0. The van der Waals surface area contributed by atoms with Gasteiger partial charge in [0.2, 0.25) is 11.8 Å². The number of anilines is 1. The number of hydrogen-bond donors (Lipinski definition) is 2. The van der Waals surface area contributed by atoms with E-state index in [4.69, 9.17) is 9.47 Å². The molecule has 2 atom stereocenters. The Morgan fingerprint density at radius 1 is 0.800 bits per heavy atom. The van der Waals surface area contributed by atoms with Crippen LogP contribution < -0.4 is 15.0 Å². The molecule has 0 bridgehead atoms. The van der Waals surface area contributed by atoms with Gasteiger partial charge in [-0.15, -0.1) is 0 Å². The van der Waals surface area contributed by atoms with Crippen LogP contribution >= 0.6 is 0 Å². The Morgan fingerprint density at radius 2 is 1.44 bits per heavy atom. The van der Waals surface area contributed by atoms with Gasteiger partial charge in [0.1, 0.15) is 36.9 Å². The molecular formula is C39H40FN5O5. The van der Waals surface area contributed by atoms with Gasteiger partial charge < -0.3 is 29.6 Å². The molecule has 2 N–H and O–H groups in total. The number of imidazole rings is 1. The van der Waals surface area contributed by atoms with E-state index in [0.29, 0.717) is 18.1 Å². The van der Waals surface area contributed by atoms with E-state index in [1.165, 1.54) is 35.3 Å². The molecule has 3 amide bonds. The lowest BCUT2D eigenvalue weighted by Gasteiger charge is -2.34. The zero-order chi connectivity index (χ0) is 35.3. The standard InChI is InChI=1S/C39H40FN5O5/c1-3-45(35-17-11-10-16-33(35)40)38(47)36(22-28-18-20-32(21-19-28)49-25-29-12-6-4-7-13-29)44(2)37(46)34(23-31-24-41-27-42-31)43-39(48)50-26-30-14-8-5-9-15-30/h4-21,24,27,34,36H,3,22-23,25-26H2,1-2H3,(H,41,42)(H,43,48). The molecule has 0 aliphatic rings. The zero-order valence-electron chi connectivity index (χ0n) is 28.0. The van der Waals surface area contributed by atoms with Crippen LogP contribution in [-0.4, -0.2) is 58.5 Å². The van der Waals surface area contributed by atoms with Crippen molar-refractivity contribution < 1.29 is 28.2 Å². The molecule has 2 unspecified atom stereocenters. The number of carbonyl (C=O) groups is 3. The monoisotopic (exact) mass is 677 g/mol. The van der Waals surface area contributed by atoms with Crippen molar-refractivity contribution in [3.8, 4) is 5.75 Å². The average molecular weight is 678 g/mol. The van der Waals surface area contributed by atoms with E-state index in [9.17, 15) is 18.8 Å². The minimum Gasteiger partial charge on any atom is -0.489 e. The molecule has 4 aromatic carbocycles. The van der Waals surface area contributed by atoms with Crippen LogP contribution in [0.4, 0.5) is 14.9 Å². The predicted molar refractivity (Wildman–Crippen MR) is 188 cm³/mol. The Balaban J connectivity index is 1.38. The summed E-state index contributed by atoms with van der Waals surface area (Å²) in [6.07, 6.45) is 2.40. The number of para-hydroxylation sites is 1. The molecule has 5 rings (SSSR count). The van der Waals surface area contributed by atoms with Crippen molar-refractivity contribution in [2.24, 2.45) is 0 Å². The molecular weight excluding hydrogens is 637 g/mol. The number of nitrogens with one attached hydrogen (secondary N) is 2. The molecule has 0 aliphatic carbocycles. The first-order chi connectivity index (χ1) is 24.3. The number of nitrogens with zero attached hydrogens (tertiary/aromatic N) is 3. The van der Waals surface area contributed by atoms with Crippen molar-refractivity contribution in [2.75, 3.05) is 18.5 Å². The number of carbonyl (C=O) groups excluding carboxylic acids is 3. The normalized spacial score (nSPS) is 12.0. The van der Waals surface area contributed by atoms with Gasteiger partial charge in [-0.2, -0.15) is 0 Å². The van der Waals surface area contributed by atoms with Crippen LogP contribution in [0.25, 0.3) is 0 Å². The van der Waals surface area contributed by atoms with Gasteiger partial charge in [-0.3, -0.25) is 9.59 Å². The van der Waals surface area contributed by atoms with Gasteiger partial charge in [0, 0.05) is 38.3 Å². The van der Waals surface area contributed by atoms with E-state index in [1.807, 2.05) is 72.8 Å². The number of benzene rings is 4. The highest BCUT2D eigenvalue weighted by molar-refractivity contribution is 6.00. The minimum absolute atomic E-state index is 0.00769. The number of likely N-dealkylation sites (N-methyl/N-ethyl adjacent to an activating group) is 2. The third-order valence-corrected chi connectivity index (χ3v) is 8.21. The van der Waals surface area contributed by atoms with Crippen molar-refractivity contribution in [2.45, 2.75) is 45.1 Å². The van der Waals surface area contributed by atoms with E-state index in [-0.39, 0.29) is 31.7 Å². The summed E-state index contributed by atoms with van der Waals surface area (Å²) in [5.41, 5.74) is 3.26. The fourth-order valence-corrected chi connectivity index (χ4v) is 5.49. The maximum atomic E-state index is 15.0. The fraction of sp³-hybridized carbons (Fsp3) is 0.231. The quantitative estimate of drug-likeness (QED) is 0.139. The van der Waals surface area contributed by atoms with Crippen LogP contribution in [0.15, 0.2) is 122 Å². The first-order valence-corrected chi connectivity index (χ1v) is 16.3. The number of halogens is 1. The topological polar surface area (TPSA) is 117 Å². The summed E-state index contributed by atoms with van der Waals surface area (Å²) in [5.74, 6) is -0.939. The summed E-state index contributed by atoms with van der Waals surface area (Å²) in [5, 5.41) is 2.68. The Morgan fingerprint density at radius 3 is 2.06 bits per heavy atom. The second kappa shape index (κ2) is 17.4. The van der Waals surface area contributed by atoms with Crippen molar-refractivity contribution in [1.29, 1.82) is 0 Å². The van der Waals surface area contributed by atoms with Gasteiger partial charge in [0.05, 0.1) is 12.0 Å². The molecule has 1 heterocycles. The maximum Gasteiger partial charge on any atom is 0.408 e. The van der Waals surface area contributed by atoms with Gasteiger partial charge in [-0.1, -0.05) is 84.9 Å². The largest absolute Gasteiger partial charge is 0.489 e. The molecule has 0 saturated carbocycles. The van der Waals surface area contributed by atoms with E-state index in [2.05, 4.69) is 15.3 Å². The van der Waals surface area contributed by atoms with Gasteiger partial charge in [0.15, 0.2) is 0 Å². The Labute approximate surface area is 290 Å². The lowest BCUT2D eigenvalue weighted by Crippen LogP contribution is -2.56. The highest BCUT2D eigenvalue weighted by atomic mass is 19.1. The number of alkyl carbamates (subject to hydrolysis) is 1. The molecule has 0 aliphatic heterocycles. The lowest BCUT2D eigenvalue weighted by molar-refractivity contribution is -0.139. The number of ether oxygens (including phenoxy) is 2. The average Bonchev–Trinajstić information content (AvgIpc) is 3.67. The highest BCUT2D eigenvalue weighted by Crippen LogP contribution is 2.23. The van der Waals surface area contributed by atoms with Crippen molar-refractivity contribution in [3.05, 3.63) is 150 Å². The summed E-state index contributed by atoms with van der Waals surface area (Å²) in [6, 6.07) is 30.1. The van der Waals surface area contributed by atoms with Crippen LogP contribution in [-0.2, 0) is 40.4 Å². The SMILES string of the molecule is CCN(C(=O)C(Cc1ccc(OCc2ccccc2)cc1)N(C)C(=O)C(Cc1cnc[nH]1)NC(=O)OCc1ccccc1)c1ccccc1F. The number of hydrogen-bond acceptors (Lipinski definition) is 6. The van der Waals surface area contributed by atoms with E-state index in [0.717, 1.165) is 16.7 Å². The van der Waals surface area contributed by atoms with Gasteiger partial charge >= 0.3 is 6.09 Å². The summed E-state index contributed by atoms with van der Waals surface area (Å²) in [6.45, 7) is 2.30. The summed E-state index contributed by atoms with van der Waals surface area (Å²) >= 11 is 0. The van der Waals surface area contributed by atoms with Gasteiger partial charge in [0.25, 0.3) is 0 Å². The van der Waals surface area contributed by atoms with Crippen molar-refractivity contribution in [3.63, 3.8) is 0 Å². The Hall–Kier alpha value is -5.97. The number of aromatic nitrogens is 2. The van der Waals surface area contributed by atoms with Crippen LogP contribution in [0, 0.1) is 5.82 Å². The number of rotatable bonds is 15. The molecule has 50 heavy (non-hydrogen) atoms. The van der Waals surface area contributed by atoms with Crippen LogP contribution in [0.1, 0.15) is 29.3 Å². The summed E-state index contributed by atoms with van der Waals surface area (Å²) in [7, 11) is 1.51. The van der Waals surface area contributed by atoms with E-state index >= 15 is 0 Å². The lowest BCUT2D eigenvalue weighted by atomic mass is 10.0. The fourth-order valence-electron chi connectivity index (χ4n) is 5.49. The number of amides is 3. The van der Waals surface area contributed by atoms with Crippen LogP contribution in [0.2, 0.25) is 0 Å². The van der Waals surface area contributed by atoms with Crippen molar-refractivity contribution in [1.82, 2.24) is 20.2 Å². The second-order valence-corrected chi connectivity index (χ2v) is 11.7. The summed E-state index contributed by atoms with van der Waals surface area (Å²) in [4.78, 5) is 51.2. The molecule has 0 radical (unpaired) electrons. The van der Waals surface area contributed by atoms with Crippen molar-refractivity contribution >= 4 is 23.6 Å². The summed E-state index contributed by atoms with van der Waals surface area (Å²) < 4.78 is 26.4. The third kappa shape index (κ3) is 9.56. The van der Waals surface area contributed by atoms with Gasteiger partial charge in [-0.05, 0) is 47.9 Å². The van der Waals surface area contributed by atoms with Gasteiger partial charge in [-0.25, -0.2) is 14.2 Å². The smallest absolute Gasteiger partial charge is 0.408 e. The first-order valence-electron chi connectivity index (χ1n) is 16.3. The second-order valence-electron chi connectivity index (χ2n) is 11.7. The molecule has 10 nitrogen and oxygen atoms in total. The Bertz CT molecular complexity index is 1820. The third-order valence-electron chi connectivity index (χ3n) is 8.21. The molecule has 11 heteroatoms. The molecule has 1 aromatic heterocycles. The number of aromatic amines is 1. The molecule has 0 spiro atoms. The molecule has 5 aromatic rings. The van der Waals surface area contributed by atoms with E-state index in [1.54, 1.807) is 37.4 Å². The predicted octanol–water partition coefficient (Wildman–Crippen LogP) is 6.09. The Kier molecular flexibility index (Phi) is 12.3. The van der Waals surface area contributed by atoms with Crippen LogP contribution in [0.5, 0.6) is 5.75 Å². The molecule has 0 saturated heterocycles. The number of H-pyrrole nitrogens is 1. The minimum atomic E-state index is -1.11.